The Balaban J connectivity index is 1.58. The third-order valence-electron chi connectivity index (χ3n) is 4.57. The summed E-state index contributed by atoms with van der Waals surface area (Å²) >= 11 is 0. The fourth-order valence-corrected chi connectivity index (χ4v) is 2.98. The molecule has 7 heteroatoms. The molecule has 1 fully saturated rings. The van der Waals surface area contributed by atoms with Crippen molar-refractivity contribution < 1.29 is 9.59 Å². The second kappa shape index (κ2) is 9.03. The number of carbonyl (C=O) groups is 2. The summed E-state index contributed by atoms with van der Waals surface area (Å²) in [5, 5.41) is 5.81. The summed E-state index contributed by atoms with van der Waals surface area (Å²) in [4.78, 5) is 29.8. The van der Waals surface area contributed by atoms with Gasteiger partial charge in [0.2, 0.25) is 5.91 Å². The van der Waals surface area contributed by atoms with E-state index in [1.165, 1.54) is 5.56 Å². The third-order valence-corrected chi connectivity index (χ3v) is 4.57. The van der Waals surface area contributed by atoms with E-state index in [0.717, 1.165) is 17.7 Å². The predicted octanol–water partition coefficient (Wildman–Crippen LogP) is 1.75. The number of carbonyl (C=O) groups excluding carboxylic acids is 2. The molecular formula is C21H25N5O2. The van der Waals surface area contributed by atoms with Gasteiger partial charge in [-0.1, -0.05) is 31.2 Å². The van der Waals surface area contributed by atoms with Gasteiger partial charge in [0.05, 0.1) is 13.1 Å². The monoisotopic (exact) mass is 379 g/mol. The van der Waals surface area contributed by atoms with E-state index in [0.29, 0.717) is 31.2 Å². The lowest BCUT2D eigenvalue weighted by molar-refractivity contribution is -0.123. The van der Waals surface area contributed by atoms with Crippen LogP contribution in [-0.4, -0.2) is 42.3 Å². The van der Waals surface area contributed by atoms with Crippen LogP contribution in [0, 0.1) is 0 Å². The molecule has 1 heterocycles. The molecule has 4 N–H and O–H groups in total. The molecule has 0 aromatic heterocycles. The highest BCUT2D eigenvalue weighted by atomic mass is 16.2. The minimum atomic E-state index is -0.137. The van der Waals surface area contributed by atoms with Crippen molar-refractivity contribution in [2.24, 2.45) is 10.7 Å². The number of amides is 2. The molecule has 0 aliphatic carbocycles. The zero-order valence-electron chi connectivity index (χ0n) is 15.9. The number of nitrogens with zero attached hydrogens (tertiary/aromatic N) is 2. The highest BCUT2D eigenvalue weighted by Gasteiger charge is 2.21. The topological polar surface area (TPSA) is 99.8 Å². The molecule has 2 amide bonds. The maximum Gasteiger partial charge on any atom is 0.254 e. The molecule has 0 spiro atoms. The highest BCUT2D eigenvalue weighted by Crippen LogP contribution is 2.12. The quantitative estimate of drug-likeness (QED) is 0.544. The van der Waals surface area contributed by atoms with E-state index in [9.17, 15) is 9.59 Å². The SMILES string of the molecule is CCc1cccc(NC(N)=NCc2ccc(C(=O)N3CCNC(=O)C3)cc2)c1. The Morgan fingerprint density at radius 3 is 2.71 bits per heavy atom. The number of aliphatic imine (C=N–C) groups is 1. The van der Waals surface area contributed by atoms with Crippen molar-refractivity contribution in [1.29, 1.82) is 0 Å². The van der Waals surface area contributed by atoms with E-state index >= 15 is 0 Å². The van der Waals surface area contributed by atoms with E-state index in [1.54, 1.807) is 17.0 Å². The summed E-state index contributed by atoms with van der Waals surface area (Å²) in [6, 6.07) is 15.3. The maximum absolute atomic E-state index is 12.5. The fourth-order valence-electron chi connectivity index (χ4n) is 2.98. The first-order valence-corrected chi connectivity index (χ1v) is 9.36. The van der Waals surface area contributed by atoms with Gasteiger partial charge in [-0.15, -0.1) is 0 Å². The molecule has 2 aromatic carbocycles. The molecule has 1 aliphatic heterocycles. The van der Waals surface area contributed by atoms with Gasteiger partial charge in [0.25, 0.3) is 5.91 Å². The first-order valence-electron chi connectivity index (χ1n) is 9.36. The fraction of sp³-hybridized carbons (Fsp3) is 0.286. The van der Waals surface area contributed by atoms with E-state index < -0.39 is 0 Å². The lowest BCUT2D eigenvalue weighted by atomic mass is 10.1. The number of nitrogens with two attached hydrogens (primary N) is 1. The average Bonchev–Trinajstić information content (AvgIpc) is 2.72. The van der Waals surface area contributed by atoms with Gasteiger partial charge in [0, 0.05) is 24.3 Å². The van der Waals surface area contributed by atoms with Crippen molar-refractivity contribution >= 4 is 23.5 Å². The number of hydrogen-bond acceptors (Lipinski definition) is 3. The highest BCUT2D eigenvalue weighted by molar-refractivity contribution is 5.97. The van der Waals surface area contributed by atoms with Crippen molar-refractivity contribution in [3.8, 4) is 0 Å². The zero-order valence-corrected chi connectivity index (χ0v) is 15.9. The van der Waals surface area contributed by atoms with Gasteiger partial charge in [0.1, 0.15) is 0 Å². The molecule has 1 aliphatic rings. The molecule has 146 valence electrons. The van der Waals surface area contributed by atoms with Crippen LogP contribution in [0.2, 0.25) is 0 Å². The summed E-state index contributed by atoms with van der Waals surface area (Å²) in [6.07, 6.45) is 0.958. The molecule has 28 heavy (non-hydrogen) atoms. The second-order valence-corrected chi connectivity index (χ2v) is 6.65. The van der Waals surface area contributed by atoms with Crippen LogP contribution in [0.25, 0.3) is 0 Å². The van der Waals surface area contributed by atoms with Gasteiger partial charge in [-0.3, -0.25) is 9.59 Å². The molecule has 0 atom stereocenters. The smallest absolute Gasteiger partial charge is 0.254 e. The Bertz CT molecular complexity index is 877. The molecule has 0 unspecified atom stereocenters. The third kappa shape index (κ3) is 5.09. The lowest BCUT2D eigenvalue weighted by Gasteiger charge is -2.26. The largest absolute Gasteiger partial charge is 0.370 e. The van der Waals surface area contributed by atoms with Crippen LogP contribution in [0.15, 0.2) is 53.5 Å². The summed E-state index contributed by atoms with van der Waals surface area (Å²) < 4.78 is 0. The molecule has 2 aromatic rings. The molecule has 1 saturated heterocycles. The Kier molecular flexibility index (Phi) is 6.26. The number of rotatable bonds is 5. The van der Waals surface area contributed by atoms with E-state index in [-0.39, 0.29) is 18.4 Å². The Hall–Kier alpha value is -3.35. The standard InChI is InChI=1S/C21H25N5O2/c1-2-15-4-3-5-18(12-15)25-21(22)24-13-16-6-8-17(9-7-16)20(28)26-11-10-23-19(27)14-26/h3-9,12H,2,10-11,13-14H2,1H3,(H,23,27)(H3,22,24,25). The average molecular weight is 379 g/mol. The van der Waals surface area contributed by atoms with Crippen molar-refractivity contribution in [2.45, 2.75) is 19.9 Å². The summed E-state index contributed by atoms with van der Waals surface area (Å²) in [6.45, 7) is 3.63. The van der Waals surface area contributed by atoms with Gasteiger partial charge in [-0.2, -0.15) is 0 Å². The normalized spacial score (nSPS) is 14.5. The number of aryl methyl sites for hydroxylation is 1. The van der Waals surface area contributed by atoms with E-state index in [2.05, 4.69) is 28.6 Å². The maximum atomic E-state index is 12.5. The first kappa shape index (κ1) is 19.4. The molecule has 7 nitrogen and oxygen atoms in total. The van der Waals surface area contributed by atoms with E-state index in [1.807, 2.05) is 30.3 Å². The van der Waals surface area contributed by atoms with Crippen LogP contribution in [0.4, 0.5) is 5.69 Å². The lowest BCUT2D eigenvalue weighted by Crippen LogP contribution is -2.49. The summed E-state index contributed by atoms with van der Waals surface area (Å²) in [5.74, 6) is 0.0765. The molecule has 0 bridgehead atoms. The molecule has 0 saturated carbocycles. The van der Waals surface area contributed by atoms with Crippen LogP contribution >= 0.6 is 0 Å². The zero-order chi connectivity index (χ0) is 19.9. The van der Waals surface area contributed by atoms with Crippen molar-refractivity contribution in [3.05, 3.63) is 65.2 Å². The predicted molar refractivity (Wildman–Crippen MR) is 110 cm³/mol. The first-order chi connectivity index (χ1) is 13.5. The van der Waals surface area contributed by atoms with Crippen LogP contribution in [-0.2, 0) is 17.8 Å². The molecule has 0 radical (unpaired) electrons. The van der Waals surface area contributed by atoms with E-state index in [4.69, 9.17) is 5.73 Å². The van der Waals surface area contributed by atoms with Gasteiger partial charge in [-0.05, 0) is 41.8 Å². The number of hydrogen-bond donors (Lipinski definition) is 3. The molecule has 3 rings (SSSR count). The second-order valence-electron chi connectivity index (χ2n) is 6.65. The Morgan fingerprint density at radius 1 is 1.21 bits per heavy atom. The van der Waals surface area contributed by atoms with Crippen LogP contribution in [0.3, 0.4) is 0 Å². The van der Waals surface area contributed by atoms with Crippen molar-refractivity contribution in [2.75, 3.05) is 25.0 Å². The van der Waals surface area contributed by atoms with Crippen molar-refractivity contribution in [3.63, 3.8) is 0 Å². The van der Waals surface area contributed by atoms with Crippen LogP contribution in [0.5, 0.6) is 0 Å². The van der Waals surface area contributed by atoms with Gasteiger partial charge < -0.3 is 21.3 Å². The summed E-state index contributed by atoms with van der Waals surface area (Å²) in [7, 11) is 0. The van der Waals surface area contributed by atoms with Crippen molar-refractivity contribution in [1.82, 2.24) is 10.2 Å². The summed E-state index contributed by atoms with van der Waals surface area (Å²) in [5.41, 5.74) is 9.61. The number of benzene rings is 2. The molecular weight excluding hydrogens is 354 g/mol. The number of nitrogens with one attached hydrogen (secondary N) is 2. The minimum Gasteiger partial charge on any atom is -0.370 e. The van der Waals surface area contributed by atoms with Gasteiger partial charge in [-0.25, -0.2) is 4.99 Å². The Morgan fingerprint density at radius 2 is 2.00 bits per heavy atom. The number of anilines is 1. The minimum absolute atomic E-state index is 0.103. The Labute approximate surface area is 164 Å². The van der Waals surface area contributed by atoms with Crippen LogP contribution < -0.4 is 16.4 Å². The van der Waals surface area contributed by atoms with Crippen LogP contribution in [0.1, 0.15) is 28.4 Å². The number of piperazine rings is 1. The van der Waals surface area contributed by atoms with Gasteiger partial charge in [0.15, 0.2) is 5.96 Å². The van der Waals surface area contributed by atoms with Gasteiger partial charge >= 0.3 is 0 Å². The number of guanidine groups is 1.